The van der Waals surface area contributed by atoms with Crippen molar-refractivity contribution in [2.75, 3.05) is 0 Å². The second-order valence-corrected chi connectivity index (χ2v) is 9.17. The second-order valence-electron chi connectivity index (χ2n) is 5.51. The lowest BCUT2D eigenvalue weighted by Gasteiger charge is -2.02. The number of aromatic nitrogens is 1. The van der Waals surface area contributed by atoms with Crippen LogP contribution in [0.25, 0.3) is 11.3 Å². The van der Waals surface area contributed by atoms with E-state index in [4.69, 9.17) is 28.3 Å². The zero-order valence-electron chi connectivity index (χ0n) is 13.2. The van der Waals surface area contributed by atoms with Crippen molar-refractivity contribution in [2.45, 2.75) is 18.2 Å². The Morgan fingerprint density at radius 2 is 1.76 bits per heavy atom. The quantitative estimate of drug-likeness (QED) is 0.676. The fraction of sp³-hybridized carbons (Fsp3) is 0.118. The fourth-order valence-electron chi connectivity index (χ4n) is 2.42. The summed E-state index contributed by atoms with van der Waals surface area (Å²) in [5.41, 5.74) is 2.71. The van der Waals surface area contributed by atoms with Gasteiger partial charge in [0.2, 0.25) is 10.0 Å². The van der Waals surface area contributed by atoms with Gasteiger partial charge in [-0.05, 0) is 36.8 Å². The third-order valence-corrected chi connectivity index (χ3v) is 6.28. The molecule has 0 aliphatic carbocycles. The first-order valence-electron chi connectivity index (χ1n) is 7.27. The number of hydrogen-bond donors (Lipinski definition) is 1. The van der Waals surface area contributed by atoms with E-state index in [-0.39, 0.29) is 4.90 Å². The molecule has 0 spiro atoms. The summed E-state index contributed by atoms with van der Waals surface area (Å²) in [4.78, 5) is 5.82. The van der Waals surface area contributed by atoms with Gasteiger partial charge in [0.15, 0.2) is 0 Å². The molecule has 8 heteroatoms. The van der Waals surface area contributed by atoms with E-state index in [2.05, 4.69) is 4.98 Å². The number of thiazole rings is 1. The summed E-state index contributed by atoms with van der Waals surface area (Å²) in [6, 6.07) is 11.9. The Balaban J connectivity index is 1.88. The molecule has 0 fully saturated rings. The monoisotopic (exact) mass is 412 g/mol. The molecule has 0 aliphatic rings. The van der Waals surface area contributed by atoms with Crippen molar-refractivity contribution < 1.29 is 8.42 Å². The van der Waals surface area contributed by atoms with E-state index in [0.717, 1.165) is 26.7 Å². The van der Waals surface area contributed by atoms with Gasteiger partial charge >= 0.3 is 0 Å². The van der Waals surface area contributed by atoms with Crippen LogP contribution in [0, 0.1) is 6.92 Å². The molecule has 0 atom stereocenters. The Kier molecular flexibility index (Phi) is 5.18. The first kappa shape index (κ1) is 18.4. The van der Waals surface area contributed by atoms with Crippen molar-refractivity contribution >= 4 is 44.6 Å². The Labute approximate surface area is 160 Å². The molecule has 2 aromatic carbocycles. The molecule has 0 unspecified atom stereocenters. The third kappa shape index (κ3) is 4.22. The largest absolute Gasteiger partial charge is 0.241 e. The number of nitrogens with two attached hydrogens (primary N) is 1. The van der Waals surface area contributed by atoms with Crippen molar-refractivity contribution in [2.24, 2.45) is 5.14 Å². The highest BCUT2D eigenvalue weighted by Gasteiger charge is 2.13. The van der Waals surface area contributed by atoms with E-state index < -0.39 is 10.0 Å². The van der Waals surface area contributed by atoms with Crippen LogP contribution in [0.1, 0.15) is 15.4 Å². The van der Waals surface area contributed by atoms with Gasteiger partial charge in [-0.1, -0.05) is 41.4 Å². The van der Waals surface area contributed by atoms with Crippen LogP contribution in [0.15, 0.2) is 47.4 Å². The molecular weight excluding hydrogens is 399 g/mol. The van der Waals surface area contributed by atoms with Gasteiger partial charge in [-0.15, -0.1) is 11.3 Å². The molecule has 3 aromatic rings. The minimum atomic E-state index is -3.70. The molecule has 0 aliphatic heterocycles. The van der Waals surface area contributed by atoms with Crippen LogP contribution in [0.3, 0.4) is 0 Å². The zero-order chi connectivity index (χ0) is 18.2. The van der Waals surface area contributed by atoms with Gasteiger partial charge in [-0.2, -0.15) is 0 Å². The lowest BCUT2D eigenvalue weighted by Crippen LogP contribution is -2.11. The molecular formula is C17H14Cl2N2O2S2. The molecule has 0 saturated heterocycles. The number of sulfonamides is 1. The maximum Gasteiger partial charge on any atom is 0.238 e. The molecule has 0 saturated carbocycles. The zero-order valence-corrected chi connectivity index (χ0v) is 16.3. The number of aryl methyl sites for hydroxylation is 1. The Hall–Kier alpha value is -1.44. The molecule has 130 valence electrons. The van der Waals surface area contributed by atoms with Crippen molar-refractivity contribution in [3.63, 3.8) is 0 Å². The Bertz CT molecular complexity index is 1030. The molecule has 1 heterocycles. The third-order valence-electron chi connectivity index (χ3n) is 3.64. The fourth-order valence-corrected chi connectivity index (χ4v) is 4.25. The highest BCUT2D eigenvalue weighted by atomic mass is 35.5. The SMILES string of the molecule is Cc1sc(Cc2ccc(Cl)c(Cl)c2)nc1-c1ccc(S(N)(=O)=O)cc1. The minimum absolute atomic E-state index is 0.0835. The number of halogens is 2. The van der Waals surface area contributed by atoms with Gasteiger partial charge in [-0.3, -0.25) is 0 Å². The van der Waals surface area contributed by atoms with E-state index in [1.807, 2.05) is 19.1 Å². The number of hydrogen-bond acceptors (Lipinski definition) is 4. The van der Waals surface area contributed by atoms with Crippen molar-refractivity contribution in [1.82, 2.24) is 4.98 Å². The maximum absolute atomic E-state index is 11.4. The molecule has 0 radical (unpaired) electrons. The molecule has 1 aromatic heterocycles. The van der Waals surface area contributed by atoms with Crippen LogP contribution in [0.5, 0.6) is 0 Å². The first-order chi connectivity index (χ1) is 11.7. The van der Waals surface area contributed by atoms with E-state index in [1.165, 1.54) is 12.1 Å². The second kappa shape index (κ2) is 7.05. The summed E-state index contributed by atoms with van der Waals surface area (Å²) >= 11 is 13.6. The van der Waals surface area contributed by atoms with E-state index in [9.17, 15) is 8.42 Å². The lowest BCUT2D eigenvalue weighted by atomic mass is 10.1. The summed E-state index contributed by atoms with van der Waals surface area (Å²) in [6.07, 6.45) is 0.650. The highest BCUT2D eigenvalue weighted by molar-refractivity contribution is 7.89. The summed E-state index contributed by atoms with van der Waals surface area (Å²) < 4.78 is 22.7. The smallest absolute Gasteiger partial charge is 0.238 e. The first-order valence-corrected chi connectivity index (χ1v) is 10.4. The maximum atomic E-state index is 11.4. The van der Waals surface area contributed by atoms with Crippen LogP contribution in [0.4, 0.5) is 0 Å². The summed E-state index contributed by atoms with van der Waals surface area (Å²) in [5.74, 6) is 0. The summed E-state index contributed by atoms with van der Waals surface area (Å²) in [7, 11) is -3.70. The lowest BCUT2D eigenvalue weighted by molar-refractivity contribution is 0.598. The predicted molar refractivity (Wildman–Crippen MR) is 103 cm³/mol. The highest BCUT2D eigenvalue weighted by Crippen LogP contribution is 2.30. The summed E-state index contributed by atoms with van der Waals surface area (Å²) in [6.45, 7) is 1.99. The standard InChI is InChI=1S/C17H14Cl2N2O2S2/c1-10-17(12-3-5-13(6-4-12)25(20,22)23)21-16(24-10)9-11-2-7-14(18)15(19)8-11/h2-8H,9H2,1H3,(H2,20,22,23). The Morgan fingerprint density at radius 3 is 2.36 bits per heavy atom. The average molecular weight is 413 g/mol. The van der Waals surface area contributed by atoms with Gasteiger partial charge in [-0.25, -0.2) is 18.5 Å². The van der Waals surface area contributed by atoms with E-state index in [1.54, 1.807) is 29.5 Å². The van der Waals surface area contributed by atoms with Gasteiger partial charge < -0.3 is 0 Å². The van der Waals surface area contributed by atoms with E-state index in [0.29, 0.717) is 16.5 Å². The number of nitrogens with zero attached hydrogens (tertiary/aromatic N) is 1. The van der Waals surface area contributed by atoms with Gasteiger partial charge in [0, 0.05) is 16.9 Å². The Morgan fingerprint density at radius 1 is 1.08 bits per heavy atom. The molecule has 25 heavy (non-hydrogen) atoms. The molecule has 0 bridgehead atoms. The van der Waals surface area contributed by atoms with Crippen molar-refractivity contribution in [3.8, 4) is 11.3 Å². The minimum Gasteiger partial charge on any atom is -0.241 e. The molecule has 0 amide bonds. The number of primary sulfonamides is 1. The van der Waals surface area contributed by atoms with Crippen LogP contribution in [-0.2, 0) is 16.4 Å². The number of rotatable bonds is 4. The van der Waals surface area contributed by atoms with Gasteiger partial charge in [0.1, 0.15) is 0 Å². The van der Waals surface area contributed by atoms with Crippen molar-refractivity contribution in [3.05, 3.63) is 68.0 Å². The molecule has 4 nitrogen and oxygen atoms in total. The summed E-state index contributed by atoms with van der Waals surface area (Å²) in [5, 5.41) is 7.12. The van der Waals surface area contributed by atoms with Crippen molar-refractivity contribution in [1.29, 1.82) is 0 Å². The van der Waals surface area contributed by atoms with Crippen LogP contribution < -0.4 is 5.14 Å². The molecule has 3 rings (SSSR count). The van der Waals surface area contributed by atoms with Crippen LogP contribution >= 0.6 is 34.5 Å². The number of benzene rings is 2. The van der Waals surface area contributed by atoms with Crippen LogP contribution in [-0.4, -0.2) is 13.4 Å². The topological polar surface area (TPSA) is 73.0 Å². The normalized spacial score (nSPS) is 11.7. The average Bonchev–Trinajstić information content (AvgIpc) is 2.91. The van der Waals surface area contributed by atoms with Gasteiger partial charge in [0.05, 0.1) is 25.6 Å². The molecule has 2 N–H and O–H groups in total. The van der Waals surface area contributed by atoms with E-state index >= 15 is 0 Å². The predicted octanol–water partition coefficient (Wildman–Crippen LogP) is 4.66. The van der Waals surface area contributed by atoms with Crippen LogP contribution in [0.2, 0.25) is 10.0 Å². The van der Waals surface area contributed by atoms with Gasteiger partial charge in [0.25, 0.3) is 0 Å².